The predicted molar refractivity (Wildman–Crippen MR) is 130 cm³/mol. The molecule has 0 amide bonds. The Kier molecular flexibility index (Phi) is 9.23. The van der Waals surface area contributed by atoms with Gasteiger partial charge in [-0.05, 0) is 49.7 Å². The molecule has 0 spiro atoms. The van der Waals surface area contributed by atoms with E-state index in [0.717, 1.165) is 12.1 Å². The Balaban J connectivity index is 2.73. The van der Waals surface area contributed by atoms with Crippen molar-refractivity contribution in [1.29, 1.82) is 0 Å². The van der Waals surface area contributed by atoms with E-state index >= 15 is 0 Å². The van der Waals surface area contributed by atoms with Gasteiger partial charge >= 0.3 is 0 Å². The molecule has 13 heteroatoms. The summed E-state index contributed by atoms with van der Waals surface area (Å²) in [5.74, 6) is 0.259. The highest BCUT2D eigenvalue weighted by atomic mass is 32.2. The largest absolute Gasteiger partial charge is 0.293 e. The molecule has 0 fully saturated rings. The van der Waals surface area contributed by atoms with Crippen molar-refractivity contribution in [3.8, 4) is 0 Å². The second-order valence-electron chi connectivity index (χ2n) is 8.82. The van der Waals surface area contributed by atoms with E-state index in [1.165, 1.54) is 12.1 Å². The van der Waals surface area contributed by atoms with E-state index in [4.69, 9.17) is 0 Å². The summed E-state index contributed by atoms with van der Waals surface area (Å²) in [6.07, 6.45) is 1.10. The topological polar surface area (TPSA) is 173 Å². The Morgan fingerprint density at radius 1 is 0.629 bits per heavy atom. The molecule has 0 bridgehead atoms. The molecule has 0 heterocycles. The second-order valence-corrected chi connectivity index (χ2v) is 9.90. The SMILES string of the molecule is CC(C)CCc1c([N+](=O)[O-])ccc(Sc2ccc([N+](=O)[O-])c(CCC(C)C)c2[N+](=O)[O-])c1[N+](=O)[O-]. The molecule has 0 aliphatic carbocycles. The van der Waals surface area contributed by atoms with Crippen molar-refractivity contribution in [3.63, 3.8) is 0 Å². The van der Waals surface area contributed by atoms with Crippen molar-refractivity contribution in [3.05, 3.63) is 75.8 Å². The van der Waals surface area contributed by atoms with Gasteiger partial charge < -0.3 is 0 Å². The van der Waals surface area contributed by atoms with Gasteiger partial charge in [-0.2, -0.15) is 0 Å². The van der Waals surface area contributed by atoms with Crippen molar-refractivity contribution in [2.24, 2.45) is 11.8 Å². The van der Waals surface area contributed by atoms with Gasteiger partial charge in [0.05, 0.1) is 29.5 Å². The van der Waals surface area contributed by atoms with Crippen LogP contribution >= 0.6 is 11.8 Å². The summed E-state index contributed by atoms with van der Waals surface area (Å²) in [7, 11) is 0. The van der Waals surface area contributed by atoms with E-state index in [1.54, 1.807) is 0 Å². The molecule has 188 valence electrons. The first-order valence-electron chi connectivity index (χ1n) is 10.9. The molecule has 0 saturated carbocycles. The van der Waals surface area contributed by atoms with Gasteiger partial charge in [0.1, 0.15) is 11.1 Å². The van der Waals surface area contributed by atoms with Gasteiger partial charge in [-0.25, -0.2) is 0 Å². The molecule has 0 aromatic heterocycles. The first kappa shape index (κ1) is 27.6. The molecule has 0 atom stereocenters. The zero-order valence-corrected chi connectivity index (χ0v) is 20.6. The van der Waals surface area contributed by atoms with Crippen LogP contribution in [0.4, 0.5) is 22.7 Å². The smallest absolute Gasteiger partial charge is 0.258 e. The van der Waals surface area contributed by atoms with E-state index in [2.05, 4.69) is 0 Å². The fourth-order valence-corrected chi connectivity index (χ4v) is 4.69. The molecular weight excluding hydrogens is 480 g/mol. The molecule has 0 N–H and O–H groups in total. The van der Waals surface area contributed by atoms with Gasteiger partial charge in [-0.3, -0.25) is 40.5 Å². The minimum Gasteiger partial charge on any atom is -0.258 e. The number of hydrogen-bond donors (Lipinski definition) is 0. The summed E-state index contributed by atoms with van der Waals surface area (Å²) in [4.78, 5) is 44.3. The average molecular weight is 507 g/mol. The quantitative estimate of drug-likeness (QED) is 0.225. The molecule has 2 rings (SSSR count). The lowest BCUT2D eigenvalue weighted by Gasteiger charge is -2.12. The van der Waals surface area contributed by atoms with Crippen LogP contribution in [-0.4, -0.2) is 19.7 Å². The Morgan fingerprint density at radius 3 is 1.23 bits per heavy atom. The Morgan fingerprint density at radius 2 is 0.971 bits per heavy atom. The molecular formula is C22H26N4O8S. The van der Waals surface area contributed by atoms with E-state index in [0.29, 0.717) is 24.6 Å². The lowest BCUT2D eigenvalue weighted by Crippen LogP contribution is -2.06. The lowest BCUT2D eigenvalue weighted by atomic mass is 9.99. The summed E-state index contributed by atoms with van der Waals surface area (Å²) >= 11 is 0.707. The summed E-state index contributed by atoms with van der Waals surface area (Å²) in [6.45, 7) is 7.54. The third-order valence-electron chi connectivity index (χ3n) is 5.36. The third kappa shape index (κ3) is 6.72. The maximum atomic E-state index is 12.0. The molecule has 12 nitrogen and oxygen atoms in total. The van der Waals surface area contributed by atoms with Gasteiger partial charge in [-0.1, -0.05) is 39.5 Å². The number of rotatable bonds is 12. The number of hydrogen-bond acceptors (Lipinski definition) is 9. The highest BCUT2D eigenvalue weighted by Crippen LogP contribution is 2.46. The number of nitro groups is 4. The summed E-state index contributed by atoms with van der Waals surface area (Å²) in [6, 6.07) is 4.70. The highest BCUT2D eigenvalue weighted by Gasteiger charge is 2.33. The molecule has 0 unspecified atom stereocenters. The van der Waals surface area contributed by atoms with Crippen LogP contribution in [-0.2, 0) is 12.8 Å². The van der Waals surface area contributed by atoms with E-state index < -0.39 is 42.4 Å². The molecule has 2 aromatic carbocycles. The zero-order chi connectivity index (χ0) is 26.4. The first-order chi connectivity index (χ1) is 16.3. The van der Waals surface area contributed by atoms with Crippen LogP contribution in [0.5, 0.6) is 0 Å². The Bertz CT molecular complexity index is 1080. The predicted octanol–water partition coefficient (Wildman–Crippen LogP) is 6.65. The van der Waals surface area contributed by atoms with Gasteiger partial charge in [-0.15, -0.1) is 0 Å². The van der Waals surface area contributed by atoms with E-state index in [1.807, 2.05) is 27.7 Å². The van der Waals surface area contributed by atoms with Gasteiger partial charge in [0.2, 0.25) is 0 Å². The Labute approximate surface area is 205 Å². The molecule has 0 aliphatic rings. The maximum Gasteiger partial charge on any atom is 0.293 e. The fourth-order valence-electron chi connectivity index (χ4n) is 3.59. The van der Waals surface area contributed by atoms with Crippen molar-refractivity contribution >= 4 is 34.5 Å². The van der Waals surface area contributed by atoms with Gasteiger partial charge in [0, 0.05) is 12.1 Å². The summed E-state index contributed by atoms with van der Waals surface area (Å²) in [5.41, 5.74) is -1.86. The average Bonchev–Trinajstić information content (AvgIpc) is 2.74. The number of benzene rings is 2. The standard InChI is InChI=1S/C22H26N4O8S/c1-13(2)5-7-15-17(23(27)28)9-11-19(21(15)25(31)32)35-20-12-10-18(24(29)30)16(8-6-14(3)4)22(20)26(33)34/h9-14H,5-8H2,1-4H3. The van der Waals surface area contributed by atoms with Crippen LogP contribution in [0.15, 0.2) is 34.1 Å². The second kappa shape index (κ2) is 11.7. The first-order valence-corrected chi connectivity index (χ1v) is 11.7. The minimum absolute atomic E-state index is 0.00822. The monoisotopic (exact) mass is 506 g/mol. The maximum absolute atomic E-state index is 12.0. The van der Waals surface area contributed by atoms with Crippen LogP contribution in [0.3, 0.4) is 0 Å². The normalized spacial score (nSPS) is 11.1. The molecule has 0 aliphatic heterocycles. The summed E-state index contributed by atoms with van der Waals surface area (Å²) < 4.78 is 0. The van der Waals surface area contributed by atoms with Crippen molar-refractivity contribution < 1.29 is 19.7 Å². The van der Waals surface area contributed by atoms with Crippen LogP contribution < -0.4 is 0 Å². The minimum atomic E-state index is -0.720. The van der Waals surface area contributed by atoms with E-state index in [-0.39, 0.29) is 45.6 Å². The van der Waals surface area contributed by atoms with Crippen molar-refractivity contribution in [2.75, 3.05) is 0 Å². The van der Waals surface area contributed by atoms with Crippen molar-refractivity contribution in [2.45, 2.75) is 63.2 Å². The molecule has 0 radical (unpaired) electrons. The third-order valence-corrected chi connectivity index (χ3v) is 6.46. The lowest BCUT2D eigenvalue weighted by molar-refractivity contribution is -0.397. The van der Waals surface area contributed by atoms with Gasteiger partial charge in [0.25, 0.3) is 22.7 Å². The van der Waals surface area contributed by atoms with Crippen LogP contribution in [0.25, 0.3) is 0 Å². The molecule has 2 aromatic rings. The van der Waals surface area contributed by atoms with Gasteiger partial charge in [0.15, 0.2) is 0 Å². The zero-order valence-electron chi connectivity index (χ0n) is 19.8. The number of nitro benzene ring substituents is 4. The molecule has 35 heavy (non-hydrogen) atoms. The molecule has 0 saturated heterocycles. The van der Waals surface area contributed by atoms with E-state index in [9.17, 15) is 40.5 Å². The van der Waals surface area contributed by atoms with Crippen molar-refractivity contribution in [1.82, 2.24) is 0 Å². The highest BCUT2D eigenvalue weighted by molar-refractivity contribution is 7.99. The van der Waals surface area contributed by atoms with Crippen LogP contribution in [0.2, 0.25) is 0 Å². The van der Waals surface area contributed by atoms with Crippen LogP contribution in [0, 0.1) is 52.3 Å². The fraction of sp³-hybridized carbons (Fsp3) is 0.455. The Hall–Kier alpha value is -3.61. The summed E-state index contributed by atoms with van der Waals surface area (Å²) in [5, 5.41) is 47.1. The number of nitrogens with zero attached hydrogens (tertiary/aromatic N) is 4. The van der Waals surface area contributed by atoms with Crippen LogP contribution in [0.1, 0.15) is 51.7 Å².